The largest absolute Gasteiger partial charge is 0.339 e. The van der Waals surface area contributed by atoms with Crippen LogP contribution >= 0.6 is 11.6 Å². The lowest BCUT2D eigenvalue weighted by molar-refractivity contribution is 1.07. The molecule has 0 saturated carbocycles. The topological polar surface area (TPSA) is 30.9 Å². The van der Waals surface area contributed by atoms with Gasteiger partial charge < -0.3 is 5.84 Å². The van der Waals surface area contributed by atoms with E-state index < -0.39 is 0 Å². The minimum Gasteiger partial charge on any atom is -0.339 e. The van der Waals surface area contributed by atoms with Crippen LogP contribution in [0.25, 0.3) is 10.9 Å². The summed E-state index contributed by atoms with van der Waals surface area (Å²) in [6.07, 6.45) is 1.81. The first kappa shape index (κ1) is 6.55. The van der Waals surface area contributed by atoms with Crippen molar-refractivity contribution in [1.29, 1.82) is 0 Å². The van der Waals surface area contributed by atoms with Crippen molar-refractivity contribution in [3.8, 4) is 0 Å². The fourth-order valence-corrected chi connectivity index (χ4v) is 1.29. The average Bonchev–Trinajstić information content (AvgIpc) is 2.33. The Morgan fingerprint density at radius 2 is 2.09 bits per heavy atom. The van der Waals surface area contributed by atoms with Gasteiger partial charge in [-0.05, 0) is 18.2 Å². The molecule has 0 aliphatic carbocycles. The minimum atomic E-state index is 0.711. The van der Waals surface area contributed by atoms with Gasteiger partial charge in [0, 0.05) is 16.6 Å². The van der Waals surface area contributed by atoms with E-state index in [9.17, 15) is 0 Å². The summed E-state index contributed by atoms with van der Waals surface area (Å²) in [4.78, 5) is 0. The third-order valence-electron chi connectivity index (χ3n) is 1.69. The van der Waals surface area contributed by atoms with Crippen molar-refractivity contribution in [3.63, 3.8) is 0 Å². The Morgan fingerprint density at radius 1 is 1.27 bits per heavy atom. The molecule has 0 amide bonds. The number of fused-ring (bicyclic) bond motifs is 1. The van der Waals surface area contributed by atoms with E-state index in [1.807, 2.05) is 24.3 Å². The van der Waals surface area contributed by atoms with Gasteiger partial charge >= 0.3 is 0 Å². The number of benzene rings is 1. The van der Waals surface area contributed by atoms with Crippen molar-refractivity contribution in [2.75, 3.05) is 5.84 Å². The zero-order chi connectivity index (χ0) is 7.84. The molecule has 0 bridgehead atoms. The number of hydrogen-bond donors (Lipinski definition) is 1. The Balaban J connectivity index is 2.87. The van der Waals surface area contributed by atoms with Gasteiger partial charge in [-0.2, -0.15) is 0 Å². The van der Waals surface area contributed by atoms with Gasteiger partial charge in [0.05, 0.1) is 5.52 Å². The molecule has 0 fully saturated rings. The summed E-state index contributed by atoms with van der Waals surface area (Å²) in [6.45, 7) is 0. The van der Waals surface area contributed by atoms with Crippen LogP contribution in [0.5, 0.6) is 0 Å². The smallest absolute Gasteiger partial charge is 0.0704 e. The number of halogens is 1. The molecule has 1 heterocycles. The van der Waals surface area contributed by atoms with Crippen LogP contribution in [-0.2, 0) is 0 Å². The quantitative estimate of drug-likeness (QED) is 0.597. The predicted octanol–water partition coefficient (Wildman–Crippen LogP) is 2.01. The van der Waals surface area contributed by atoms with Gasteiger partial charge in [0.25, 0.3) is 0 Å². The number of hydrogen-bond acceptors (Lipinski definition) is 1. The molecule has 3 heteroatoms. The summed E-state index contributed by atoms with van der Waals surface area (Å²) >= 11 is 5.78. The fourth-order valence-electron chi connectivity index (χ4n) is 1.12. The highest BCUT2D eigenvalue weighted by atomic mass is 35.5. The molecule has 0 aliphatic heterocycles. The van der Waals surface area contributed by atoms with E-state index in [0.29, 0.717) is 5.02 Å². The lowest BCUT2D eigenvalue weighted by Crippen LogP contribution is -2.04. The first-order valence-electron chi connectivity index (χ1n) is 3.29. The molecule has 11 heavy (non-hydrogen) atoms. The molecule has 0 spiro atoms. The molecular weight excluding hydrogens is 160 g/mol. The van der Waals surface area contributed by atoms with Gasteiger partial charge in [0.15, 0.2) is 0 Å². The number of nitrogens with two attached hydrogens (primary N) is 1. The molecule has 1 aromatic heterocycles. The highest BCUT2D eigenvalue weighted by Crippen LogP contribution is 2.18. The molecule has 2 N–H and O–H groups in total. The van der Waals surface area contributed by atoms with Crippen LogP contribution in [0.2, 0.25) is 5.02 Å². The van der Waals surface area contributed by atoms with Gasteiger partial charge in [0.2, 0.25) is 0 Å². The van der Waals surface area contributed by atoms with Crippen molar-refractivity contribution >= 4 is 22.5 Å². The number of rotatable bonds is 0. The van der Waals surface area contributed by atoms with E-state index in [1.54, 1.807) is 10.9 Å². The average molecular weight is 167 g/mol. The second kappa shape index (κ2) is 2.17. The summed E-state index contributed by atoms with van der Waals surface area (Å²) in [7, 11) is 0. The molecule has 2 rings (SSSR count). The molecule has 0 unspecified atom stereocenters. The van der Waals surface area contributed by atoms with Crippen molar-refractivity contribution in [3.05, 3.63) is 35.5 Å². The molecule has 2 nitrogen and oxygen atoms in total. The van der Waals surface area contributed by atoms with Crippen LogP contribution in [0.15, 0.2) is 30.5 Å². The number of aromatic nitrogens is 1. The standard InChI is InChI=1S/C8H7ClN2/c9-7-2-1-6-3-4-11(10)8(6)5-7/h1-5H,10H2. The lowest BCUT2D eigenvalue weighted by Gasteiger charge is -1.95. The minimum absolute atomic E-state index is 0.711. The predicted molar refractivity (Wildman–Crippen MR) is 47.1 cm³/mol. The second-order valence-electron chi connectivity index (χ2n) is 2.43. The first-order valence-corrected chi connectivity index (χ1v) is 3.67. The highest BCUT2D eigenvalue weighted by molar-refractivity contribution is 6.31. The van der Waals surface area contributed by atoms with Gasteiger partial charge in [0.1, 0.15) is 0 Å². The molecule has 56 valence electrons. The van der Waals surface area contributed by atoms with E-state index in [1.165, 1.54) is 0 Å². The fraction of sp³-hybridized carbons (Fsp3) is 0. The third kappa shape index (κ3) is 0.955. The molecule has 0 atom stereocenters. The van der Waals surface area contributed by atoms with E-state index >= 15 is 0 Å². The summed E-state index contributed by atoms with van der Waals surface area (Å²) in [6, 6.07) is 7.59. The zero-order valence-corrected chi connectivity index (χ0v) is 6.55. The Labute approximate surface area is 69.1 Å². The second-order valence-corrected chi connectivity index (χ2v) is 2.86. The van der Waals surface area contributed by atoms with Crippen LogP contribution in [0.1, 0.15) is 0 Å². The third-order valence-corrected chi connectivity index (χ3v) is 1.92. The maximum Gasteiger partial charge on any atom is 0.0704 e. The summed E-state index contributed by atoms with van der Waals surface area (Å²) in [5.41, 5.74) is 0.956. The van der Waals surface area contributed by atoms with Gasteiger partial charge in [-0.25, -0.2) is 0 Å². The summed E-state index contributed by atoms with van der Waals surface area (Å²) in [5.74, 6) is 5.60. The Hall–Kier alpha value is -1.15. The Bertz CT molecular complexity index is 392. The van der Waals surface area contributed by atoms with E-state index in [0.717, 1.165) is 10.9 Å². The van der Waals surface area contributed by atoms with Crippen LogP contribution in [0, 0.1) is 0 Å². The zero-order valence-electron chi connectivity index (χ0n) is 5.79. The van der Waals surface area contributed by atoms with Gasteiger partial charge in [-0.15, -0.1) is 0 Å². The van der Waals surface area contributed by atoms with Crippen LogP contribution in [-0.4, -0.2) is 4.68 Å². The van der Waals surface area contributed by atoms with Crippen molar-refractivity contribution < 1.29 is 0 Å². The van der Waals surface area contributed by atoms with Gasteiger partial charge in [-0.3, -0.25) is 4.68 Å². The first-order chi connectivity index (χ1) is 5.27. The van der Waals surface area contributed by atoms with Crippen molar-refractivity contribution in [2.45, 2.75) is 0 Å². The molecular formula is C8H7ClN2. The van der Waals surface area contributed by atoms with Crippen LogP contribution in [0.3, 0.4) is 0 Å². The SMILES string of the molecule is Nn1ccc2ccc(Cl)cc21. The molecule has 1 aromatic carbocycles. The summed E-state index contributed by atoms with van der Waals surface area (Å²) in [5, 5.41) is 1.82. The maximum atomic E-state index is 5.78. The van der Waals surface area contributed by atoms with E-state index in [-0.39, 0.29) is 0 Å². The van der Waals surface area contributed by atoms with E-state index in [4.69, 9.17) is 17.4 Å². The Morgan fingerprint density at radius 3 is 2.91 bits per heavy atom. The van der Waals surface area contributed by atoms with Gasteiger partial charge in [-0.1, -0.05) is 17.7 Å². The molecule has 0 saturated heterocycles. The number of nitrogen functional groups attached to an aromatic ring is 1. The maximum absolute atomic E-state index is 5.78. The van der Waals surface area contributed by atoms with Crippen LogP contribution in [0.4, 0.5) is 0 Å². The molecule has 0 aliphatic rings. The lowest BCUT2D eigenvalue weighted by atomic mass is 10.2. The molecule has 2 aromatic rings. The summed E-state index contributed by atoms with van der Waals surface area (Å²) < 4.78 is 1.56. The highest BCUT2D eigenvalue weighted by Gasteiger charge is 1.97. The molecule has 0 radical (unpaired) electrons. The number of nitrogens with zero attached hydrogens (tertiary/aromatic N) is 1. The van der Waals surface area contributed by atoms with Crippen LogP contribution < -0.4 is 5.84 Å². The van der Waals surface area contributed by atoms with E-state index in [2.05, 4.69) is 0 Å². The monoisotopic (exact) mass is 166 g/mol. The van der Waals surface area contributed by atoms with Crippen molar-refractivity contribution in [2.24, 2.45) is 0 Å². The van der Waals surface area contributed by atoms with Crippen molar-refractivity contribution in [1.82, 2.24) is 4.68 Å². The Kier molecular flexibility index (Phi) is 1.29. The normalized spacial score (nSPS) is 10.6.